The second-order valence-corrected chi connectivity index (χ2v) is 6.89. The first kappa shape index (κ1) is 22.2. The lowest BCUT2D eigenvalue weighted by molar-refractivity contribution is 0.327. The Kier molecular flexibility index (Phi) is 11.1. The number of unbranched alkanes of at least 4 members (excludes halogenated alkanes) is 1. The first-order valence-electron chi connectivity index (χ1n) is 9.41. The van der Waals surface area contributed by atoms with Crippen molar-refractivity contribution in [3.8, 4) is 0 Å². The predicted octanol–water partition coefficient (Wildman–Crippen LogP) is 3.48. The lowest BCUT2D eigenvalue weighted by atomic mass is 10.1. The maximum absolute atomic E-state index is 4.41. The average Bonchev–Trinajstić information content (AvgIpc) is 3.07. The minimum atomic E-state index is 0. The summed E-state index contributed by atoms with van der Waals surface area (Å²) in [6.07, 6.45) is 4.88. The van der Waals surface area contributed by atoms with E-state index in [-0.39, 0.29) is 24.0 Å². The molecule has 0 bridgehead atoms. The highest BCUT2D eigenvalue weighted by Crippen LogP contribution is 2.16. The van der Waals surface area contributed by atoms with Crippen molar-refractivity contribution in [1.29, 1.82) is 0 Å². The van der Waals surface area contributed by atoms with Crippen LogP contribution in [0.5, 0.6) is 0 Å². The number of nitrogens with one attached hydrogen (secondary N) is 1. The number of benzene rings is 1. The van der Waals surface area contributed by atoms with Gasteiger partial charge < -0.3 is 15.1 Å². The molecule has 1 heterocycles. The van der Waals surface area contributed by atoms with E-state index in [4.69, 9.17) is 0 Å². The number of hydrogen-bond donors (Lipinski definition) is 1. The van der Waals surface area contributed by atoms with Crippen LogP contribution in [0.15, 0.2) is 35.3 Å². The zero-order valence-electron chi connectivity index (χ0n) is 16.1. The molecule has 1 aromatic carbocycles. The highest BCUT2D eigenvalue weighted by Gasteiger charge is 2.22. The summed E-state index contributed by atoms with van der Waals surface area (Å²) >= 11 is 0. The summed E-state index contributed by atoms with van der Waals surface area (Å²) in [5.41, 5.74) is 1.44. The highest BCUT2D eigenvalue weighted by molar-refractivity contribution is 14.0. The maximum atomic E-state index is 4.41. The molecule has 142 valence electrons. The van der Waals surface area contributed by atoms with Gasteiger partial charge in [0.25, 0.3) is 0 Å². The van der Waals surface area contributed by atoms with Gasteiger partial charge in [-0.3, -0.25) is 4.99 Å². The van der Waals surface area contributed by atoms with Gasteiger partial charge in [0.1, 0.15) is 0 Å². The molecule has 0 aromatic heterocycles. The van der Waals surface area contributed by atoms with Crippen LogP contribution in [0.3, 0.4) is 0 Å². The van der Waals surface area contributed by atoms with Crippen LogP contribution in [0, 0.1) is 5.92 Å². The number of nitrogens with zero attached hydrogens (tertiary/aromatic N) is 3. The van der Waals surface area contributed by atoms with E-state index in [0.29, 0.717) is 0 Å². The van der Waals surface area contributed by atoms with E-state index < -0.39 is 0 Å². The first-order valence-corrected chi connectivity index (χ1v) is 9.41. The van der Waals surface area contributed by atoms with Crippen LogP contribution in [0.4, 0.5) is 0 Å². The molecule has 1 unspecified atom stereocenters. The molecule has 1 atom stereocenters. The molecule has 1 fully saturated rings. The standard InChI is InChI=1S/C20H34N4.HI/c1-4-5-13-23(3)20(21-2)22-16-19-12-15-24(17-19)14-11-18-9-7-6-8-10-18;/h6-10,19H,4-5,11-17H2,1-3H3,(H,21,22);1H. The third-order valence-corrected chi connectivity index (χ3v) is 4.90. The van der Waals surface area contributed by atoms with Gasteiger partial charge in [-0.2, -0.15) is 0 Å². The number of rotatable bonds is 8. The summed E-state index contributed by atoms with van der Waals surface area (Å²) < 4.78 is 0. The number of halogens is 1. The van der Waals surface area contributed by atoms with Crippen LogP contribution in [-0.4, -0.2) is 62.6 Å². The molecular formula is C20H35IN4. The van der Waals surface area contributed by atoms with Gasteiger partial charge in [-0.05, 0) is 37.3 Å². The summed E-state index contributed by atoms with van der Waals surface area (Å²) in [4.78, 5) is 9.26. The van der Waals surface area contributed by atoms with Crippen molar-refractivity contribution < 1.29 is 0 Å². The van der Waals surface area contributed by atoms with Gasteiger partial charge in [0.2, 0.25) is 0 Å². The van der Waals surface area contributed by atoms with Gasteiger partial charge in [0, 0.05) is 40.3 Å². The molecule has 1 N–H and O–H groups in total. The van der Waals surface area contributed by atoms with Crippen molar-refractivity contribution in [3.05, 3.63) is 35.9 Å². The molecule has 0 spiro atoms. The Morgan fingerprint density at radius 1 is 1.32 bits per heavy atom. The third-order valence-electron chi connectivity index (χ3n) is 4.90. The number of guanidine groups is 1. The van der Waals surface area contributed by atoms with E-state index >= 15 is 0 Å². The second-order valence-electron chi connectivity index (χ2n) is 6.89. The SMILES string of the molecule is CCCCN(C)C(=NC)NCC1CCN(CCc2ccccc2)C1.I. The van der Waals surface area contributed by atoms with Gasteiger partial charge in [-0.1, -0.05) is 43.7 Å². The summed E-state index contributed by atoms with van der Waals surface area (Å²) in [6.45, 7) is 7.94. The van der Waals surface area contributed by atoms with Crippen molar-refractivity contribution in [2.45, 2.75) is 32.6 Å². The summed E-state index contributed by atoms with van der Waals surface area (Å²) in [6, 6.07) is 10.8. The van der Waals surface area contributed by atoms with Gasteiger partial charge >= 0.3 is 0 Å². The molecule has 2 rings (SSSR count). The van der Waals surface area contributed by atoms with E-state index in [2.05, 4.69) is 64.4 Å². The summed E-state index contributed by atoms with van der Waals surface area (Å²) in [5.74, 6) is 1.77. The zero-order chi connectivity index (χ0) is 17.2. The molecule has 0 saturated carbocycles. The summed E-state index contributed by atoms with van der Waals surface area (Å²) in [7, 11) is 4.01. The molecule has 4 nitrogen and oxygen atoms in total. The molecule has 5 heteroatoms. The number of hydrogen-bond acceptors (Lipinski definition) is 2. The van der Waals surface area contributed by atoms with E-state index in [9.17, 15) is 0 Å². The number of likely N-dealkylation sites (tertiary alicyclic amines) is 1. The zero-order valence-corrected chi connectivity index (χ0v) is 18.4. The topological polar surface area (TPSA) is 30.9 Å². The quantitative estimate of drug-likeness (QED) is 0.368. The van der Waals surface area contributed by atoms with Crippen LogP contribution in [0.25, 0.3) is 0 Å². The fourth-order valence-corrected chi connectivity index (χ4v) is 3.34. The molecule has 0 radical (unpaired) electrons. The summed E-state index contributed by atoms with van der Waals surface area (Å²) in [5, 5.41) is 3.56. The predicted molar refractivity (Wildman–Crippen MR) is 119 cm³/mol. The molecular weight excluding hydrogens is 423 g/mol. The Balaban J connectivity index is 0.00000312. The van der Waals surface area contributed by atoms with Crippen LogP contribution in [0.1, 0.15) is 31.7 Å². The van der Waals surface area contributed by atoms with E-state index in [1.807, 2.05) is 7.05 Å². The molecule has 1 saturated heterocycles. The van der Waals surface area contributed by atoms with Crippen molar-refractivity contribution >= 4 is 29.9 Å². The molecule has 1 aliphatic heterocycles. The van der Waals surface area contributed by atoms with Crippen LogP contribution in [0.2, 0.25) is 0 Å². The normalized spacial score (nSPS) is 18.0. The van der Waals surface area contributed by atoms with Crippen LogP contribution >= 0.6 is 24.0 Å². The Morgan fingerprint density at radius 3 is 2.76 bits per heavy atom. The van der Waals surface area contributed by atoms with Gasteiger partial charge in [-0.15, -0.1) is 24.0 Å². The maximum Gasteiger partial charge on any atom is 0.193 e. The van der Waals surface area contributed by atoms with E-state index in [1.165, 1.54) is 44.5 Å². The molecule has 1 aromatic rings. The van der Waals surface area contributed by atoms with Crippen molar-refractivity contribution in [2.24, 2.45) is 10.9 Å². The first-order chi connectivity index (χ1) is 11.7. The Bertz CT molecular complexity index is 492. The minimum Gasteiger partial charge on any atom is -0.356 e. The van der Waals surface area contributed by atoms with Crippen molar-refractivity contribution in [2.75, 3.05) is 46.8 Å². The van der Waals surface area contributed by atoms with Crippen LogP contribution in [-0.2, 0) is 6.42 Å². The monoisotopic (exact) mass is 458 g/mol. The van der Waals surface area contributed by atoms with Gasteiger partial charge in [-0.25, -0.2) is 0 Å². The highest BCUT2D eigenvalue weighted by atomic mass is 127. The smallest absolute Gasteiger partial charge is 0.193 e. The van der Waals surface area contributed by atoms with E-state index in [0.717, 1.165) is 31.4 Å². The Hall–Kier alpha value is -0.820. The number of aliphatic imine (C=N–C) groups is 1. The average molecular weight is 458 g/mol. The third kappa shape index (κ3) is 7.94. The van der Waals surface area contributed by atoms with Gasteiger partial charge in [0.05, 0.1) is 0 Å². The molecule has 1 aliphatic rings. The van der Waals surface area contributed by atoms with Crippen LogP contribution < -0.4 is 5.32 Å². The van der Waals surface area contributed by atoms with E-state index in [1.54, 1.807) is 0 Å². The fraction of sp³-hybridized carbons (Fsp3) is 0.650. The second kappa shape index (κ2) is 12.5. The van der Waals surface area contributed by atoms with Crippen molar-refractivity contribution in [3.63, 3.8) is 0 Å². The molecule has 0 aliphatic carbocycles. The fourth-order valence-electron chi connectivity index (χ4n) is 3.34. The lowest BCUT2D eigenvalue weighted by Gasteiger charge is -2.23. The Morgan fingerprint density at radius 2 is 2.08 bits per heavy atom. The lowest BCUT2D eigenvalue weighted by Crippen LogP contribution is -2.41. The van der Waals surface area contributed by atoms with Crippen molar-refractivity contribution in [1.82, 2.24) is 15.1 Å². The Labute approximate surface area is 171 Å². The largest absolute Gasteiger partial charge is 0.356 e. The molecule has 25 heavy (non-hydrogen) atoms. The molecule has 0 amide bonds. The van der Waals surface area contributed by atoms with Gasteiger partial charge in [0.15, 0.2) is 5.96 Å². The minimum absolute atomic E-state index is 0.